The molecule has 86 heavy (non-hydrogen) atoms. The van der Waals surface area contributed by atoms with E-state index in [2.05, 4.69) is 60.6 Å². The molecule has 6 heterocycles. The molecular formula is C60H73N8O13S5+. The molecule has 7 N–H and O–H groups in total. The first-order valence-corrected chi connectivity index (χ1v) is 35.2. The molecule has 6 aromatic rings. The number of aromatic nitrogens is 2. The van der Waals surface area contributed by atoms with E-state index in [1.807, 2.05) is 68.0 Å². The monoisotopic (exact) mass is 1270 g/mol. The van der Waals surface area contributed by atoms with Gasteiger partial charge in [0.1, 0.15) is 29.3 Å². The van der Waals surface area contributed by atoms with Gasteiger partial charge in [0.05, 0.1) is 33.7 Å². The first kappa shape index (κ1) is 65.2. The number of amides is 4. The number of nitrogens with one attached hydrogen (secondary N) is 4. The number of nitrogens with zero attached hydrogens (tertiary/aromatic N) is 4. The second-order valence-electron chi connectivity index (χ2n) is 21.8. The summed E-state index contributed by atoms with van der Waals surface area (Å²) in [5, 5.41) is 16.5. The van der Waals surface area contributed by atoms with Gasteiger partial charge in [-0.3, -0.25) is 32.8 Å². The van der Waals surface area contributed by atoms with Crippen LogP contribution in [0.15, 0.2) is 83.2 Å². The van der Waals surface area contributed by atoms with Crippen LogP contribution in [0.4, 0.5) is 11.4 Å². The van der Waals surface area contributed by atoms with Crippen molar-refractivity contribution in [2.75, 3.05) is 61.4 Å². The quantitative estimate of drug-likeness (QED) is 0.0187. The summed E-state index contributed by atoms with van der Waals surface area (Å²) in [7, 11) is -13.2. The summed E-state index contributed by atoms with van der Waals surface area (Å²) < 4.78 is 106. The molecule has 460 valence electrons. The number of anilines is 1. The van der Waals surface area contributed by atoms with Crippen LogP contribution < -0.4 is 26.2 Å². The molecule has 8 rings (SSSR count). The maximum Gasteiger partial charge on any atom is 0.269 e. The maximum atomic E-state index is 13.7. The first-order valence-electron chi connectivity index (χ1n) is 28.6. The van der Waals surface area contributed by atoms with Crippen LogP contribution in [0, 0.1) is 0 Å². The number of fused-ring (bicyclic) bond motifs is 6. The average Bonchev–Trinajstić information content (AvgIpc) is 1.57. The normalized spacial score (nSPS) is 17.5. The Kier molecular flexibility index (Phi) is 20.2. The van der Waals surface area contributed by atoms with Gasteiger partial charge in [-0.2, -0.15) is 29.8 Å². The van der Waals surface area contributed by atoms with E-state index in [4.69, 9.17) is 0 Å². The number of pyridine rings is 2. The summed E-state index contributed by atoms with van der Waals surface area (Å²) in [5.41, 5.74) is 5.63. The van der Waals surface area contributed by atoms with E-state index in [9.17, 15) is 58.1 Å². The van der Waals surface area contributed by atoms with Gasteiger partial charge in [-0.1, -0.05) is 33.3 Å². The molecule has 0 spiro atoms. The molecule has 26 heteroatoms. The van der Waals surface area contributed by atoms with Gasteiger partial charge in [-0.25, -0.2) is 9.97 Å². The van der Waals surface area contributed by atoms with E-state index >= 15 is 0 Å². The lowest BCUT2D eigenvalue weighted by molar-refractivity contribution is -0.435. The van der Waals surface area contributed by atoms with Gasteiger partial charge in [0.15, 0.2) is 5.71 Å². The van der Waals surface area contributed by atoms with E-state index in [0.717, 1.165) is 66.1 Å². The number of allylic oxidation sites excluding steroid dienone is 4. The maximum absolute atomic E-state index is 13.7. The van der Waals surface area contributed by atoms with Crippen molar-refractivity contribution in [3.05, 3.63) is 117 Å². The van der Waals surface area contributed by atoms with E-state index in [1.54, 1.807) is 32.0 Å². The minimum Gasteiger partial charge on any atom is -0.351 e. The molecule has 4 aromatic heterocycles. The number of hydrogen-bond acceptors (Lipinski definition) is 15. The molecule has 2 unspecified atom stereocenters. The highest BCUT2D eigenvalue weighted by molar-refractivity contribution is 7.86. The molecule has 4 amide bonds. The molecule has 2 aliphatic rings. The van der Waals surface area contributed by atoms with Crippen LogP contribution in [0.5, 0.6) is 0 Å². The molecule has 0 saturated carbocycles. The van der Waals surface area contributed by atoms with Crippen LogP contribution in [0.1, 0.15) is 146 Å². The third-order valence-electron chi connectivity index (χ3n) is 15.5. The topological polar surface area (TPSA) is 312 Å². The Balaban J connectivity index is 1.33. The molecule has 2 aromatic carbocycles. The lowest BCUT2D eigenvalue weighted by Crippen LogP contribution is -2.32. The smallest absolute Gasteiger partial charge is 0.269 e. The molecule has 21 nitrogen and oxygen atoms in total. The van der Waals surface area contributed by atoms with Crippen molar-refractivity contribution in [1.82, 2.24) is 31.2 Å². The molecule has 0 radical (unpaired) electrons. The summed E-state index contributed by atoms with van der Waals surface area (Å²) in [6.07, 6.45) is 8.95. The Morgan fingerprint density at radius 1 is 0.605 bits per heavy atom. The fourth-order valence-electron chi connectivity index (χ4n) is 11.8. The van der Waals surface area contributed by atoms with Crippen molar-refractivity contribution in [3.63, 3.8) is 0 Å². The number of rotatable bonds is 27. The Morgan fingerprint density at radius 3 is 1.62 bits per heavy atom. The lowest BCUT2D eigenvalue weighted by atomic mass is 9.74. The van der Waals surface area contributed by atoms with Crippen LogP contribution in [0.2, 0.25) is 0 Å². The SMILES string of the molecule is CCCNC(=O)c1cc(-c2cc3c(c4ccsc24)N(CCC)/C(=C/C=C/C2=[N+](CCCS(=O)(=O)O)c4c(cc(-c5cc(C(=O)NCC)nc(C(=O)NCC)c5)c5sccc45)C2(C)CCC)C3(C)CCCS(=O)(=O)O)cc(C(=O)NCCS(=O)(=O)O)n1. The molecule has 0 bridgehead atoms. The van der Waals surface area contributed by atoms with Crippen molar-refractivity contribution < 1.29 is 62.7 Å². The van der Waals surface area contributed by atoms with Crippen molar-refractivity contribution in [2.24, 2.45) is 0 Å². The Labute approximate surface area is 509 Å². The molecule has 2 atom stereocenters. The predicted octanol–water partition coefficient (Wildman–Crippen LogP) is 9.23. The summed E-state index contributed by atoms with van der Waals surface area (Å²) in [6, 6.07) is 14.5. The van der Waals surface area contributed by atoms with Gasteiger partial charge in [-0.05, 0) is 142 Å². The Bertz CT molecular complexity index is 4060. The van der Waals surface area contributed by atoms with E-state index in [-0.39, 0.29) is 48.6 Å². The largest absolute Gasteiger partial charge is 0.351 e. The van der Waals surface area contributed by atoms with Crippen LogP contribution in [-0.4, -0.2) is 139 Å². The molecule has 0 aliphatic carbocycles. The minimum atomic E-state index is -4.42. The van der Waals surface area contributed by atoms with E-state index in [0.29, 0.717) is 62.1 Å². The lowest BCUT2D eigenvalue weighted by Gasteiger charge is -2.30. The second-order valence-corrected chi connectivity index (χ2v) is 28.3. The molecule has 2 aliphatic heterocycles. The Morgan fingerprint density at radius 2 is 1.10 bits per heavy atom. The highest BCUT2D eigenvalue weighted by atomic mass is 32.2. The van der Waals surface area contributed by atoms with E-state index < -0.39 is 88.6 Å². The second kappa shape index (κ2) is 26.7. The van der Waals surface area contributed by atoms with Crippen LogP contribution in [0.25, 0.3) is 42.4 Å². The zero-order valence-corrected chi connectivity index (χ0v) is 53.2. The fourth-order valence-corrected chi connectivity index (χ4v) is 15.0. The van der Waals surface area contributed by atoms with Gasteiger partial charge in [0.25, 0.3) is 54.0 Å². The number of carbonyl (C=O) groups is 4. The summed E-state index contributed by atoms with van der Waals surface area (Å²) in [5.74, 6) is -3.99. The van der Waals surface area contributed by atoms with Crippen molar-refractivity contribution in [1.29, 1.82) is 0 Å². The third kappa shape index (κ3) is 14.1. The van der Waals surface area contributed by atoms with Crippen molar-refractivity contribution in [2.45, 2.75) is 104 Å². The predicted molar refractivity (Wildman–Crippen MR) is 338 cm³/mol. The zero-order valence-electron chi connectivity index (χ0n) is 49.1. The highest BCUT2D eigenvalue weighted by Crippen LogP contribution is 2.56. The van der Waals surface area contributed by atoms with Gasteiger partial charge in [0.2, 0.25) is 5.69 Å². The van der Waals surface area contributed by atoms with Crippen LogP contribution in [-0.2, 0) is 41.2 Å². The average molecular weight is 1270 g/mol. The highest BCUT2D eigenvalue weighted by Gasteiger charge is 2.49. The number of carbonyl (C=O) groups excluding carboxylic acids is 4. The molecule has 0 fully saturated rings. The van der Waals surface area contributed by atoms with Crippen molar-refractivity contribution >= 4 is 114 Å². The van der Waals surface area contributed by atoms with Gasteiger partial charge in [-0.15, -0.1) is 22.7 Å². The van der Waals surface area contributed by atoms with E-state index in [1.165, 1.54) is 28.7 Å². The zero-order chi connectivity index (χ0) is 62.5. The van der Waals surface area contributed by atoms with Crippen LogP contribution >= 0.6 is 22.7 Å². The van der Waals surface area contributed by atoms with Gasteiger partial charge >= 0.3 is 0 Å². The minimum absolute atomic E-state index is 0.0481. The number of hydrogen-bond donors (Lipinski definition) is 7. The van der Waals surface area contributed by atoms with Gasteiger partial charge < -0.3 is 26.2 Å². The fraction of sp³-hybridized carbons (Fsp3) is 0.417. The number of thiophene rings is 2. The van der Waals surface area contributed by atoms with Gasteiger partial charge in [0, 0.05) is 87.8 Å². The standard InChI is InChI=1S/C60H72N8O13S5/c1-8-20-59(6)43-35-41(37-31-45(55(69)61-11-4)65-46(32-37)56(70)62-12-5)54-40(19-27-83-54)52(43)68(25-15-29-85(76,77)78)49(59)16-13-17-50-60(7,21-14-28-84(73,74)75)44-36-42(53-39(18-26-82-53)51(44)67(50)24-10-3)38-33-47(57(71)63-22-9-2)66-48(34-38)58(72)64-23-30-86(79,80)81/h13,16-19,26-27,31-36H,8-12,14-15,20-25,28-30H2,1-7H3,(H6-,61,62,63,64,69,70,71,72,73,74,75,76,77,78,79,80,81)/p+1. The first-order chi connectivity index (χ1) is 40.7. The summed E-state index contributed by atoms with van der Waals surface area (Å²) in [4.78, 5) is 65.3. The molecular weight excluding hydrogens is 1200 g/mol. The third-order valence-corrected chi connectivity index (χ3v) is 19.7. The molecule has 0 saturated heterocycles. The summed E-state index contributed by atoms with van der Waals surface area (Å²) in [6.45, 7) is 15.0. The Hall–Kier alpha value is -6.78. The summed E-state index contributed by atoms with van der Waals surface area (Å²) >= 11 is 2.91. The number of benzene rings is 2. The van der Waals surface area contributed by atoms with Crippen molar-refractivity contribution in [3.8, 4) is 22.3 Å². The van der Waals surface area contributed by atoms with Crippen LogP contribution in [0.3, 0.4) is 0 Å².